The van der Waals surface area contributed by atoms with Gasteiger partial charge < -0.3 is 95.0 Å². The highest BCUT2D eigenvalue weighted by Crippen LogP contribution is 2.52. The Balaban J connectivity index is 0.000000151. The van der Waals surface area contributed by atoms with Crippen molar-refractivity contribution in [2.24, 2.45) is 5.73 Å². The largest absolute Gasteiger partial charge is 0.508 e. The van der Waals surface area contributed by atoms with Crippen LogP contribution in [0.3, 0.4) is 0 Å². The second-order valence-electron chi connectivity index (χ2n) is 37.1. The lowest BCUT2D eigenvalue weighted by molar-refractivity contribution is -0.160. The average Bonchev–Trinajstić information content (AvgIpc) is 0.673. The molecule has 0 bridgehead atoms. The van der Waals surface area contributed by atoms with Gasteiger partial charge in [0.25, 0.3) is 23.6 Å². The number of aliphatic hydroxyl groups is 2. The van der Waals surface area contributed by atoms with Gasteiger partial charge in [-0.05, 0) is 293 Å². The minimum absolute atomic E-state index is 0.0692. The first-order chi connectivity index (χ1) is 68.2. The highest BCUT2D eigenvalue weighted by atomic mass is 32.2. The highest BCUT2D eigenvalue weighted by Gasteiger charge is 2.62. The van der Waals surface area contributed by atoms with Crippen molar-refractivity contribution < 1.29 is 101 Å². The van der Waals surface area contributed by atoms with E-state index in [2.05, 4.69) is 15.4 Å². The molecule has 30 nitrogen and oxygen atoms in total. The number of hydrogen-bond acceptors (Lipinski definition) is 22. The smallest absolute Gasteiger partial charge is 0.264 e. The number of β-lactam (4-membered cyclic amide) rings is 5. The molecule has 12 aromatic rings. The van der Waals surface area contributed by atoms with Crippen LogP contribution in [0, 0.1) is 104 Å². The van der Waals surface area contributed by atoms with E-state index in [-0.39, 0.29) is 64.5 Å². The van der Waals surface area contributed by atoms with Crippen molar-refractivity contribution in [1.29, 1.82) is 0 Å². The van der Waals surface area contributed by atoms with Gasteiger partial charge in [0.05, 0.1) is 72.6 Å². The zero-order valence-corrected chi connectivity index (χ0v) is 85.7. The maximum atomic E-state index is 13.3. The number of benzene rings is 12. The SMILES string of the molecule is COc1cc(N2C(=O)[C@@H](N)[C@@H]2c2ccc(C)c(OCc3ccccc3)c2)cc(C)c1C.COc1cc(N2C(=O)[C@@H](NC(=O)c3ccccc3)[C@@H]2c2ccc(C)c(O)c2)cc(C)c1C.COc1cc(N2C(=O)[C@@H](NC(C)=O)[C@@H]2c2ccc(C)c(O)c2)cc(C)c1C.COc1cc(N2C(=O)[C@@H](NS(C)(=O)=O)[C@@H]2c2ccc(C)c(O)c2)cc(C)c1C.COc1cc(N2C(=O)[C@](O)(CO)[C@@H]2c2ccc(C)c(O)c2)cc(C)c1C. The maximum absolute atomic E-state index is 13.3. The molecule has 0 aromatic heterocycles. The van der Waals surface area contributed by atoms with Gasteiger partial charge in [0.1, 0.15) is 94.3 Å². The summed E-state index contributed by atoms with van der Waals surface area (Å²) in [7, 11) is 4.36. The molecule has 11 N–H and O–H groups in total. The van der Waals surface area contributed by atoms with Crippen molar-refractivity contribution in [3.05, 3.63) is 335 Å². The first-order valence-electron chi connectivity index (χ1n) is 46.8. The van der Waals surface area contributed by atoms with Crippen molar-refractivity contribution in [2.45, 2.75) is 177 Å². The monoisotopic (exact) mass is 1980 g/mol. The molecule has 0 spiro atoms. The molecule has 17 rings (SSSR count). The number of ether oxygens (including phenoxy) is 6. The van der Waals surface area contributed by atoms with Gasteiger partial charge in [-0.15, -0.1) is 0 Å². The Bertz CT molecular complexity index is 7080. The number of amides is 7. The number of phenols is 4. The summed E-state index contributed by atoms with van der Waals surface area (Å²) in [4.78, 5) is 96.7. The van der Waals surface area contributed by atoms with Crippen LogP contribution in [0.5, 0.6) is 57.5 Å². The van der Waals surface area contributed by atoms with Gasteiger partial charge in [-0.2, -0.15) is 0 Å². The minimum atomic E-state index is -3.59. The van der Waals surface area contributed by atoms with Gasteiger partial charge in [-0.25, -0.2) is 13.1 Å². The topological polar surface area (TPSA) is 409 Å². The van der Waals surface area contributed by atoms with Crippen molar-refractivity contribution >= 4 is 79.8 Å². The van der Waals surface area contributed by atoms with Crippen molar-refractivity contribution in [1.82, 2.24) is 15.4 Å². The molecule has 5 heterocycles. The summed E-state index contributed by atoms with van der Waals surface area (Å²) in [5.74, 6) is 2.65. The lowest BCUT2D eigenvalue weighted by Gasteiger charge is -2.52. The van der Waals surface area contributed by atoms with E-state index in [1.54, 1.807) is 149 Å². The normalized spacial score (nSPS) is 19.1. The van der Waals surface area contributed by atoms with E-state index in [9.17, 15) is 72.6 Å². The van der Waals surface area contributed by atoms with E-state index in [4.69, 9.17) is 34.2 Å². The predicted octanol–water partition coefficient (Wildman–Crippen LogP) is 16.2. The second kappa shape index (κ2) is 43.7. The summed E-state index contributed by atoms with van der Waals surface area (Å²) >= 11 is 0. The molecule has 0 saturated carbocycles. The van der Waals surface area contributed by atoms with Crippen LogP contribution in [-0.4, -0.2) is 159 Å². The van der Waals surface area contributed by atoms with Crippen LogP contribution in [-0.2, 0) is 45.4 Å². The lowest BCUT2D eigenvalue weighted by Crippen LogP contribution is -2.70. The van der Waals surface area contributed by atoms with Crippen LogP contribution in [0.1, 0.15) is 164 Å². The highest BCUT2D eigenvalue weighted by molar-refractivity contribution is 7.88. The zero-order valence-electron chi connectivity index (χ0n) is 84.8. The van der Waals surface area contributed by atoms with E-state index in [0.717, 1.165) is 118 Å². The van der Waals surface area contributed by atoms with Crippen molar-refractivity contribution in [2.75, 3.05) is 72.9 Å². The number of sulfonamides is 1. The van der Waals surface area contributed by atoms with Gasteiger partial charge >= 0.3 is 0 Å². The molecule has 0 unspecified atom stereocenters. The Morgan fingerprint density at radius 2 is 0.674 bits per heavy atom. The third-order valence-corrected chi connectivity index (χ3v) is 28.3. The van der Waals surface area contributed by atoms with Crippen molar-refractivity contribution in [3.63, 3.8) is 0 Å². The fraction of sp³-hybridized carbons (Fsp3) is 0.301. The van der Waals surface area contributed by atoms with E-state index < -0.39 is 76.5 Å². The molecular weight excluding hydrogens is 1850 g/mol. The number of aromatic hydroxyl groups is 4. The van der Waals surface area contributed by atoms with E-state index in [1.165, 1.54) is 22.8 Å². The fourth-order valence-corrected chi connectivity index (χ4v) is 19.0. The number of nitrogens with zero attached hydrogens (tertiary/aromatic N) is 5. The van der Waals surface area contributed by atoms with E-state index >= 15 is 0 Å². The maximum Gasteiger partial charge on any atom is 0.264 e. The number of nitrogens with one attached hydrogen (secondary N) is 3. The zero-order chi connectivity index (χ0) is 105. The molecule has 31 heteroatoms. The molecule has 0 aliphatic carbocycles. The quantitative estimate of drug-likeness (QED) is 0.0251. The number of hydrogen-bond donors (Lipinski definition) is 10. The summed E-state index contributed by atoms with van der Waals surface area (Å²) in [5.41, 5.74) is 26.8. The third kappa shape index (κ3) is 21.6. The van der Waals surface area contributed by atoms with Gasteiger partial charge in [0, 0.05) is 71.3 Å². The standard InChI is InChI=1S/C26H26N2O4.C26H28N2O3.C21H24N2O4.C20H24N2O5S.C20H23NO5/c1-15-10-11-19(13-21(15)29)24-23(27-25(30)18-8-6-5-7-9-18)26(31)28(24)20-12-16(2)17(3)22(14-20)32-4;1-16-10-11-20(13-22(16)31-15-19-8-6-5-7-9-19)25-24(27)26(29)28(25)21-12-17(2)18(3)23(14-21)30-4;1-11-6-7-15(9-17(11)25)20-19(22-14(4)24)21(26)23(20)16-8-12(2)13(3)18(10-16)27-5;1-11-6-7-14(9-16(11)23)19-18(21-28(5,25)26)20(24)22(19)15-8-12(2)13(3)17(10-15)27-4;1-11-5-6-14(8-16(11)23)18-20(25,10-22)19(24)21(18)15-7-12(2)13(3)17(9-15)26-4/h5-14,23-24,29H,1-4H3,(H,27,30);5-14,24-25H,15,27H2,1-4H3;6-10,19-20,25H,1-5H3,(H,22,24);6-10,18-19,21,23H,1-5H3;5-9,18,22-23,25H,10H2,1-4H3/t23-,24-;24-,25-;19-,20-;18-,19-;18-,20-/m00000/s1. The predicted molar refractivity (Wildman–Crippen MR) is 554 cm³/mol. The fourth-order valence-electron chi connectivity index (χ4n) is 18.3. The summed E-state index contributed by atoms with van der Waals surface area (Å²) in [6.07, 6.45) is 1.02. The van der Waals surface area contributed by atoms with Crippen LogP contribution < -0.4 is 74.0 Å². The van der Waals surface area contributed by atoms with Crippen LogP contribution in [0.25, 0.3) is 0 Å². The summed E-state index contributed by atoms with van der Waals surface area (Å²) < 4.78 is 59.3. The molecule has 5 fully saturated rings. The van der Waals surface area contributed by atoms with Gasteiger partial charge in [0.2, 0.25) is 27.7 Å². The number of rotatable bonds is 24. The summed E-state index contributed by atoms with van der Waals surface area (Å²) in [6.45, 7) is 29.9. The molecule has 7 amide bonds. The number of carbonyl (C=O) groups excluding carboxylic acids is 7. The van der Waals surface area contributed by atoms with Crippen LogP contribution in [0.2, 0.25) is 0 Å². The minimum Gasteiger partial charge on any atom is -0.508 e. The first kappa shape index (κ1) is 106. The molecule has 144 heavy (non-hydrogen) atoms. The summed E-state index contributed by atoms with van der Waals surface area (Å²) in [5, 5.41) is 66.5. The number of phenolic OH excluding ortho intramolecular Hbond substituents is 4. The number of carbonyl (C=O) groups is 7. The van der Waals surface area contributed by atoms with Gasteiger partial charge in [-0.3, -0.25) is 38.5 Å². The molecule has 5 saturated heterocycles. The van der Waals surface area contributed by atoms with E-state index in [1.807, 2.05) is 211 Å². The molecule has 0 radical (unpaired) electrons. The Morgan fingerprint density at radius 1 is 0.368 bits per heavy atom. The number of methoxy groups -OCH3 is 5. The Morgan fingerprint density at radius 3 is 1.01 bits per heavy atom. The van der Waals surface area contributed by atoms with Crippen molar-refractivity contribution in [3.8, 4) is 57.5 Å². The van der Waals surface area contributed by atoms with Gasteiger partial charge in [-0.1, -0.05) is 109 Å². The molecule has 10 atom stereocenters. The van der Waals surface area contributed by atoms with E-state index in [0.29, 0.717) is 80.2 Å². The number of aryl methyl sites for hydroxylation is 10. The number of anilines is 5. The summed E-state index contributed by atoms with van der Waals surface area (Å²) in [6, 6.07) is 58.8. The van der Waals surface area contributed by atoms with Crippen LogP contribution in [0.4, 0.5) is 28.4 Å². The Kier molecular flexibility index (Phi) is 32.2. The van der Waals surface area contributed by atoms with Gasteiger partial charge in [0.15, 0.2) is 5.60 Å². The number of aliphatic hydroxyl groups excluding tert-OH is 1. The van der Waals surface area contributed by atoms with Crippen LogP contribution in [0.15, 0.2) is 212 Å². The average molecular weight is 1980 g/mol. The Labute approximate surface area is 839 Å². The first-order valence-corrected chi connectivity index (χ1v) is 48.7. The third-order valence-electron chi connectivity index (χ3n) is 27.6. The Hall–Kier alpha value is -15.3. The van der Waals surface area contributed by atoms with Crippen LogP contribution >= 0.6 is 0 Å². The molecule has 5 aliphatic heterocycles. The molecule has 5 aliphatic rings. The molecule has 12 aromatic carbocycles. The lowest BCUT2D eigenvalue weighted by atomic mass is 9.77. The molecular formula is C113H125N9O21S. The second-order valence-corrected chi connectivity index (χ2v) is 38.9. The number of nitrogens with two attached hydrogens (primary N) is 1. The molecule has 754 valence electrons.